The highest BCUT2D eigenvalue weighted by Crippen LogP contribution is 2.20. The minimum Gasteiger partial charge on any atom is -0.476 e. The van der Waals surface area contributed by atoms with Gasteiger partial charge in [-0.05, 0) is 6.42 Å². The number of carboxylic acid groups (broad SMARTS) is 1. The normalized spacial score (nSPS) is 14.8. The van der Waals surface area contributed by atoms with Crippen LogP contribution in [-0.4, -0.2) is 56.6 Å². The van der Waals surface area contributed by atoms with E-state index in [2.05, 4.69) is 22.2 Å². The Kier molecular flexibility index (Phi) is 3.79. The highest BCUT2D eigenvalue weighted by Gasteiger charge is 2.32. The molecule has 2 heterocycles. The summed E-state index contributed by atoms with van der Waals surface area (Å²) >= 11 is 0. The van der Waals surface area contributed by atoms with E-state index in [1.165, 1.54) is 10.9 Å². The van der Waals surface area contributed by atoms with Gasteiger partial charge in [0.05, 0.1) is 12.2 Å². The van der Waals surface area contributed by atoms with Crippen LogP contribution in [0.4, 0.5) is 4.79 Å². The summed E-state index contributed by atoms with van der Waals surface area (Å²) in [6, 6.07) is -0.137. The number of carbonyl (C=O) groups excluding carboxylic acids is 1. The van der Waals surface area contributed by atoms with Crippen LogP contribution in [0.2, 0.25) is 0 Å². The fourth-order valence-corrected chi connectivity index (χ4v) is 1.73. The number of aromatic carboxylic acids is 1. The van der Waals surface area contributed by atoms with Crippen molar-refractivity contribution >= 4 is 12.0 Å². The summed E-state index contributed by atoms with van der Waals surface area (Å²) in [4.78, 5) is 23.9. The molecular weight excluding hydrogens is 250 g/mol. The van der Waals surface area contributed by atoms with E-state index in [1.54, 1.807) is 11.0 Å². The maximum absolute atomic E-state index is 11.6. The van der Waals surface area contributed by atoms with Crippen molar-refractivity contribution in [1.82, 2.24) is 25.2 Å². The molecule has 0 unspecified atom stereocenters. The Morgan fingerprint density at radius 3 is 2.89 bits per heavy atom. The lowest BCUT2D eigenvalue weighted by atomic mass is 10.1. The van der Waals surface area contributed by atoms with Gasteiger partial charge in [0.25, 0.3) is 0 Å². The van der Waals surface area contributed by atoms with Gasteiger partial charge >= 0.3 is 12.0 Å². The maximum atomic E-state index is 11.6. The number of carbonyl (C=O) groups is 2. The van der Waals surface area contributed by atoms with Crippen molar-refractivity contribution in [2.45, 2.75) is 12.5 Å². The van der Waals surface area contributed by atoms with Crippen LogP contribution >= 0.6 is 0 Å². The number of urea groups is 1. The summed E-state index contributed by atoms with van der Waals surface area (Å²) in [5.41, 5.74) is -0.0890. The summed E-state index contributed by atoms with van der Waals surface area (Å²) in [6.07, 6.45) is 3.84. The number of hydrogen-bond acceptors (Lipinski definition) is 4. The van der Waals surface area contributed by atoms with Gasteiger partial charge in [-0.1, -0.05) is 11.3 Å². The minimum atomic E-state index is -1.11. The Morgan fingerprint density at radius 2 is 2.32 bits per heavy atom. The summed E-state index contributed by atoms with van der Waals surface area (Å²) in [6.45, 7) is 5.14. The van der Waals surface area contributed by atoms with Gasteiger partial charge in [-0.15, -0.1) is 11.7 Å². The van der Waals surface area contributed by atoms with E-state index < -0.39 is 5.97 Å². The monoisotopic (exact) mass is 265 g/mol. The number of likely N-dealkylation sites (tertiary alicyclic amines) is 1. The summed E-state index contributed by atoms with van der Waals surface area (Å²) in [5.74, 6) is -1.11. The van der Waals surface area contributed by atoms with Crippen LogP contribution < -0.4 is 5.32 Å². The smallest absolute Gasteiger partial charge is 0.358 e. The fraction of sp³-hybridized carbons (Fsp3) is 0.455. The zero-order chi connectivity index (χ0) is 13.8. The molecule has 0 spiro atoms. The molecule has 102 valence electrons. The molecule has 1 aromatic rings. The molecule has 2 N–H and O–H groups in total. The van der Waals surface area contributed by atoms with Crippen molar-refractivity contribution in [3.63, 3.8) is 0 Å². The van der Waals surface area contributed by atoms with Crippen LogP contribution in [0.1, 0.15) is 23.0 Å². The zero-order valence-electron chi connectivity index (χ0n) is 10.3. The van der Waals surface area contributed by atoms with Crippen molar-refractivity contribution in [3.05, 3.63) is 24.5 Å². The number of hydrogen-bond donors (Lipinski definition) is 2. The molecule has 1 aliphatic rings. The van der Waals surface area contributed by atoms with Crippen LogP contribution in [0.5, 0.6) is 0 Å². The molecular formula is C11H15N5O3. The van der Waals surface area contributed by atoms with Gasteiger partial charge in [0.1, 0.15) is 0 Å². The third-order valence-corrected chi connectivity index (χ3v) is 2.88. The molecule has 0 bridgehead atoms. The first-order valence-electron chi connectivity index (χ1n) is 5.90. The number of nitrogens with zero attached hydrogens (tertiary/aromatic N) is 4. The molecule has 1 fully saturated rings. The molecule has 8 heteroatoms. The third kappa shape index (κ3) is 2.90. The van der Waals surface area contributed by atoms with E-state index in [0.29, 0.717) is 19.6 Å². The first-order valence-corrected chi connectivity index (χ1v) is 5.90. The van der Waals surface area contributed by atoms with Crippen molar-refractivity contribution in [3.8, 4) is 0 Å². The number of aromatic nitrogens is 3. The van der Waals surface area contributed by atoms with E-state index in [9.17, 15) is 9.59 Å². The number of amides is 2. The van der Waals surface area contributed by atoms with Gasteiger partial charge in [-0.2, -0.15) is 0 Å². The molecule has 0 aromatic carbocycles. The molecule has 0 atom stereocenters. The molecule has 8 nitrogen and oxygen atoms in total. The van der Waals surface area contributed by atoms with E-state index in [0.717, 1.165) is 6.42 Å². The Labute approximate surface area is 109 Å². The summed E-state index contributed by atoms with van der Waals surface area (Å²) < 4.78 is 1.48. The Bertz CT molecular complexity index is 492. The predicted molar refractivity (Wildman–Crippen MR) is 65.8 cm³/mol. The molecule has 0 radical (unpaired) electrons. The highest BCUT2D eigenvalue weighted by atomic mass is 16.4. The second-order valence-electron chi connectivity index (χ2n) is 4.26. The van der Waals surface area contributed by atoms with Gasteiger partial charge in [0, 0.05) is 19.6 Å². The lowest BCUT2D eigenvalue weighted by molar-refractivity contribution is 0.0690. The van der Waals surface area contributed by atoms with Crippen LogP contribution in [0.3, 0.4) is 0 Å². The lowest BCUT2D eigenvalue weighted by Gasteiger charge is -2.38. The van der Waals surface area contributed by atoms with Crippen molar-refractivity contribution < 1.29 is 14.7 Å². The Balaban J connectivity index is 1.80. The van der Waals surface area contributed by atoms with Crippen LogP contribution in [0.25, 0.3) is 0 Å². The summed E-state index contributed by atoms with van der Waals surface area (Å²) in [7, 11) is 0. The molecule has 1 aliphatic heterocycles. The predicted octanol–water partition coefficient (Wildman–Crippen LogP) is 0.119. The Morgan fingerprint density at radius 1 is 1.58 bits per heavy atom. The second-order valence-corrected chi connectivity index (χ2v) is 4.26. The average Bonchev–Trinajstić information content (AvgIpc) is 2.77. The van der Waals surface area contributed by atoms with E-state index >= 15 is 0 Å². The Hall–Kier alpha value is -2.38. The summed E-state index contributed by atoms with van der Waals surface area (Å²) in [5, 5.41) is 18.8. The molecule has 0 aliphatic carbocycles. The molecule has 19 heavy (non-hydrogen) atoms. The number of rotatable bonds is 5. The van der Waals surface area contributed by atoms with E-state index in [4.69, 9.17) is 5.11 Å². The van der Waals surface area contributed by atoms with Crippen molar-refractivity contribution in [2.24, 2.45) is 0 Å². The first-order chi connectivity index (χ1) is 9.11. The van der Waals surface area contributed by atoms with E-state index in [-0.39, 0.29) is 17.8 Å². The SMILES string of the molecule is C=CCCNC(=O)N1CC(n2cc(C(=O)O)nn2)C1. The van der Waals surface area contributed by atoms with Gasteiger partial charge in [-0.3, -0.25) is 0 Å². The molecule has 2 rings (SSSR count). The van der Waals surface area contributed by atoms with Crippen molar-refractivity contribution in [1.29, 1.82) is 0 Å². The number of nitrogens with one attached hydrogen (secondary N) is 1. The van der Waals surface area contributed by atoms with Gasteiger partial charge in [0.2, 0.25) is 0 Å². The molecule has 1 aromatic heterocycles. The zero-order valence-corrected chi connectivity index (χ0v) is 10.3. The molecule has 2 amide bonds. The van der Waals surface area contributed by atoms with Gasteiger partial charge in [0.15, 0.2) is 5.69 Å². The number of carboxylic acids is 1. The topological polar surface area (TPSA) is 100 Å². The third-order valence-electron chi connectivity index (χ3n) is 2.88. The van der Waals surface area contributed by atoms with Crippen molar-refractivity contribution in [2.75, 3.05) is 19.6 Å². The lowest BCUT2D eigenvalue weighted by Crippen LogP contribution is -2.54. The minimum absolute atomic E-state index is 0.00856. The maximum Gasteiger partial charge on any atom is 0.358 e. The van der Waals surface area contributed by atoms with E-state index in [1.807, 2.05) is 0 Å². The van der Waals surface area contributed by atoms with Crippen LogP contribution in [0, 0.1) is 0 Å². The van der Waals surface area contributed by atoms with Gasteiger partial charge in [-0.25, -0.2) is 14.3 Å². The molecule has 0 saturated carbocycles. The first kappa shape index (κ1) is 13.1. The average molecular weight is 265 g/mol. The quantitative estimate of drug-likeness (QED) is 0.581. The van der Waals surface area contributed by atoms with Crippen LogP contribution in [0.15, 0.2) is 18.9 Å². The molecule has 1 saturated heterocycles. The largest absolute Gasteiger partial charge is 0.476 e. The standard InChI is InChI=1S/C11H15N5O3/c1-2-3-4-12-11(19)15-5-8(6-15)16-7-9(10(17)18)13-14-16/h2,7-8H,1,3-6H2,(H,12,19)(H,17,18). The fourth-order valence-electron chi connectivity index (χ4n) is 1.73. The van der Waals surface area contributed by atoms with Gasteiger partial charge < -0.3 is 15.3 Å². The second kappa shape index (κ2) is 5.51. The highest BCUT2D eigenvalue weighted by molar-refractivity contribution is 5.84. The van der Waals surface area contributed by atoms with Crippen LogP contribution in [-0.2, 0) is 0 Å².